The van der Waals surface area contributed by atoms with E-state index in [4.69, 9.17) is 15.6 Å². The molecular formula is C15H13I3NNaO4. The zero-order valence-corrected chi connectivity index (χ0v) is 21.1. The molecule has 0 unspecified atom stereocenters. The third kappa shape index (κ3) is 6.13. The summed E-state index contributed by atoms with van der Waals surface area (Å²) in [5.74, 6) is 0.514. The number of hydrogen-bond donors (Lipinski definition) is 3. The van der Waals surface area contributed by atoms with E-state index in [2.05, 4.69) is 22.6 Å². The van der Waals surface area contributed by atoms with E-state index in [1.54, 1.807) is 24.3 Å². The molecule has 0 saturated heterocycles. The van der Waals surface area contributed by atoms with Crippen LogP contribution in [0.5, 0.6) is 17.2 Å². The van der Waals surface area contributed by atoms with E-state index in [0.717, 1.165) is 9.13 Å². The fourth-order valence-electron chi connectivity index (χ4n) is 1.82. The molecule has 0 aliphatic carbocycles. The number of nitrogens with two attached hydrogens (primary N) is 1. The van der Waals surface area contributed by atoms with Crippen LogP contribution < -0.4 is 40.0 Å². The number of aromatic hydroxyl groups is 1. The van der Waals surface area contributed by atoms with Crippen LogP contribution in [0.15, 0.2) is 30.3 Å². The molecule has 0 bridgehead atoms. The molecule has 1 atom stereocenters. The van der Waals surface area contributed by atoms with E-state index in [1.807, 2.05) is 51.2 Å². The fraction of sp³-hybridized carbons (Fsp3) is 0.133. The van der Waals surface area contributed by atoms with Crippen molar-refractivity contribution in [3.8, 4) is 17.2 Å². The number of rotatable bonds is 5. The standard InChI is InChI=1S/C15H12I3NO4.Na.H/c16-9-3-7(4-12(19)15(21)22)1-2-13(9)23-8-5-10(17)14(20)11(18)6-8;;/h1-3,5-6,12,20H,4,19H2,(H,21,22);;/q;+1;-1/t12-;;/m0../s1. The summed E-state index contributed by atoms with van der Waals surface area (Å²) < 4.78 is 8.14. The number of hydrogen-bond acceptors (Lipinski definition) is 4. The van der Waals surface area contributed by atoms with Gasteiger partial charge in [-0.1, -0.05) is 6.07 Å². The minimum Gasteiger partial charge on any atom is -1.00 e. The van der Waals surface area contributed by atoms with Crippen molar-refractivity contribution in [2.75, 3.05) is 0 Å². The number of phenols is 1. The van der Waals surface area contributed by atoms with Crippen molar-refractivity contribution in [3.05, 3.63) is 46.6 Å². The quantitative estimate of drug-likeness (QED) is 0.326. The van der Waals surface area contributed by atoms with E-state index >= 15 is 0 Å². The first-order valence-electron chi connectivity index (χ1n) is 6.40. The van der Waals surface area contributed by atoms with Crippen LogP contribution in [-0.2, 0) is 11.2 Å². The average molecular weight is 675 g/mol. The molecule has 0 heterocycles. The van der Waals surface area contributed by atoms with Gasteiger partial charge in [-0.25, -0.2) is 0 Å². The molecule has 0 saturated carbocycles. The molecule has 24 heavy (non-hydrogen) atoms. The number of halogens is 3. The van der Waals surface area contributed by atoms with Crippen LogP contribution in [-0.4, -0.2) is 22.2 Å². The van der Waals surface area contributed by atoms with Gasteiger partial charge in [0.05, 0.1) is 10.7 Å². The fourth-order valence-corrected chi connectivity index (χ4v) is 4.22. The van der Waals surface area contributed by atoms with E-state index < -0.39 is 12.0 Å². The van der Waals surface area contributed by atoms with Gasteiger partial charge in [0.2, 0.25) is 0 Å². The molecule has 0 aromatic heterocycles. The molecule has 5 nitrogen and oxygen atoms in total. The van der Waals surface area contributed by atoms with Crippen LogP contribution in [0.25, 0.3) is 0 Å². The molecule has 0 amide bonds. The van der Waals surface area contributed by atoms with Gasteiger partial charge in [-0.15, -0.1) is 0 Å². The summed E-state index contributed by atoms with van der Waals surface area (Å²) in [7, 11) is 0. The maximum Gasteiger partial charge on any atom is 1.00 e. The first-order valence-corrected chi connectivity index (χ1v) is 9.64. The summed E-state index contributed by atoms with van der Waals surface area (Å²) in [6.45, 7) is 0. The predicted octanol–water partition coefficient (Wildman–Crippen LogP) is 1.07. The number of carboxylic acid groups (broad SMARTS) is 1. The molecule has 124 valence electrons. The number of phenolic OH excluding ortho intramolecular Hbond substituents is 1. The molecule has 0 aliphatic heterocycles. The molecule has 0 radical (unpaired) electrons. The van der Waals surface area contributed by atoms with Crippen LogP contribution in [0.3, 0.4) is 0 Å². The van der Waals surface area contributed by atoms with Crippen molar-refractivity contribution in [3.63, 3.8) is 0 Å². The second-order valence-electron chi connectivity index (χ2n) is 4.75. The summed E-state index contributed by atoms with van der Waals surface area (Å²) in [4.78, 5) is 10.8. The number of benzene rings is 2. The Balaban J connectivity index is 0.00000288. The predicted molar refractivity (Wildman–Crippen MR) is 113 cm³/mol. The molecular weight excluding hydrogens is 662 g/mol. The summed E-state index contributed by atoms with van der Waals surface area (Å²) in [5.41, 5.74) is 6.39. The number of carboxylic acids is 1. The van der Waals surface area contributed by atoms with Crippen molar-refractivity contribution < 1.29 is 50.7 Å². The molecule has 0 aliphatic rings. The van der Waals surface area contributed by atoms with Gasteiger partial charge in [0.15, 0.2) is 0 Å². The Hall–Kier alpha value is 0.660. The first-order chi connectivity index (χ1) is 10.8. The van der Waals surface area contributed by atoms with Crippen LogP contribution in [0, 0.1) is 10.7 Å². The third-order valence-electron chi connectivity index (χ3n) is 2.99. The number of carbonyl (C=O) groups is 1. The number of aliphatic carboxylic acids is 1. The molecule has 0 spiro atoms. The van der Waals surface area contributed by atoms with Crippen molar-refractivity contribution >= 4 is 73.7 Å². The molecule has 2 rings (SSSR count). The Labute approximate surface area is 203 Å². The Kier molecular flexibility index (Phi) is 9.57. The van der Waals surface area contributed by atoms with Crippen LogP contribution in [0.4, 0.5) is 0 Å². The van der Waals surface area contributed by atoms with Gasteiger partial charge in [0.1, 0.15) is 23.3 Å². The van der Waals surface area contributed by atoms with Gasteiger partial charge in [-0.2, -0.15) is 0 Å². The van der Waals surface area contributed by atoms with E-state index in [1.165, 1.54) is 0 Å². The van der Waals surface area contributed by atoms with Crippen molar-refractivity contribution in [2.45, 2.75) is 12.5 Å². The smallest absolute Gasteiger partial charge is 1.00 e. The van der Waals surface area contributed by atoms with Gasteiger partial charge in [-0.05, 0) is 104 Å². The van der Waals surface area contributed by atoms with E-state index in [0.29, 0.717) is 18.6 Å². The Morgan fingerprint density at radius 3 is 2.25 bits per heavy atom. The number of ether oxygens (including phenoxy) is 1. The summed E-state index contributed by atoms with van der Waals surface area (Å²) in [6, 6.07) is 8.03. The topological polar surface area (TPSA) is 92.8 Å². The van der Waals surface area contributed by atoms with Gasteiger partial charge >= 0.3 is 35.5 Å². The minimum absolute atomic E-state index is 0. The van der Waals surface area contributed by atoms with E-state index in [9.17, 15) is 9.90 Å². The second kappa shape index (κ2) is 10.1. The SMILES string of the molecule is N[C@@H](Cc1ccc(Oc2cc(I)c(O)c(I)c2)c(I)c1)C(=O)O.[H-].[Na+]. The van der Waals surface area contributed by atoms with Crippen LogP contribution in [0.1, 0.15) is 6.99 Å². The van der Waals surface area contributed by atoms with Gasteiger partial charge in [0, 0.05) is 0 Å². The van der Waals surface area contributed by atoms with Crippen molar-refractivity contribution in [1.29, 1.82) is 0 Å². The average Bonchev–Trinajstić information content (AvgIpc) is 2.47. The largest absolute Gasteiger partial charge is 1.00 e. The Morgan fingerprint density at radius 1 is 1.17 bits per heavy atom. The van der Waals surface area contributed by atoms with E-state index in [-0.39, 0.29) is 43.2 Å². The van der Waals surface area contributed by atoms with Gasteiger partial charge < -0.3 is 22.1 Å². The molecule has 2 aromatic rings. The van der Waals surface area contributed by atoms with Crippen molar-refractivity contribution in [1.82, 2.24) is 0 Å². The molecule has 0 fully saturated rings. The second-order valence-corrected chi connectivity index (χ2v) is 8.24. The molecule has 2 aromatic carbocycles. The zero-order valence-electron chi connectivity index (χ0n) is 13.6. The molecule has 4 N–H and O–H groups in total. The van der Waals surface area contributed by atoms with Gasteiger partial charge in [0.25, 0.3) is 0 Å². The van der Waals surface area contributed by atoms with Crippen LogP contribution >= 0.6 is 67.8 Å². The third-order valence-corrected chi connectivity index (χ3v) is 5.47. The van der Waals surface area contributed by atoms with Gasteiger partial charge in [-0.3, -0.25) is 4.79 Å². The summed E-state index contributed by atoms with van der Waals surface area (Å²) in [5, 5.41) is 18.6. The Bertz CT molecular complexity index is 741. The maximum atomic E-state index is 10.8. The maximum absolute atomic E-state index is 10.8. The summed E-state index contributed by atoms with van der Waals surface area (Å²) >= 11 is 6.23. The minimum atomic E-state index is -1.02. The monoisotopic (exact) mass is 675 g/mol. The summed E-state index contributed by atoms with van der Waals surface area (Å²) in [6.07, 6.45) is 0.265. The van der Waals surface area contributed by atoms with Crippen LogP contribution in [0.2, 0.25) is 0 Å². The molecule has 9 heteroatoms. The Morgan fingerprint density at radius 2 is 1.75 bits per heavy atom. The zero-order chi connectivity index (χ0) is 17.1. The normalized spacial score (nSPS) is 11.5. The van der Waals surface area contributed by atoms with Crippen molar-refractivity contribution in [2.24, 2.45) is 5.73 Å². The first kappa shape index (κ1) is 22.7.